The van der Waals surface area contributed by atoms with Gasteiger partial charge < -0.3 is 4.90 Å². The van der Waals surface area contributed by atoms with E-state index in [4.69, 9.17) is 0 Å². The fourth-order valence-electron chi connectivity index (χ4n) is 0.900. The zero-order valence-corrected chi connectivity index (χ0v) is 8.63. The maximum atomic E-state index is 10.6. The Bertz CT molecular complexity index is 297. The monoisotopic (exact) mass is 227 g/mol. The molecule has 0 aliphatic carbocycles. The van der Waals surface area contributed by atoms with Gasteiger partial charge in [0.05, 0.1) is 0 Å². The molecule has 0 saturated heterocycles. The van der Waals surface area contributed by atoms with E-state index < -0.39 is 0 Å². The van der Waals surface area contributed by atoms with Crippen LogP contribution in [0.2, 0.25) is 0 Å². The molecule has 0 radical (unpaired) electrons. The highest BCUT2D eigenvalue weighted by Gasteiger charge is 2.00. The second-order valence-corrected chi connectivity index (χ2v) is 3.57. The molecule has 0 fully saturated rings. The normalized spacial score (nSPS) is 9.58. The van der Waals surface area contributed by atoms with E-state index >= 15 is 0 Å². The largest absolute Gasteiger partial charge is 0.378 e. The predicted molar refractivity (Wildman–Crippen MR) is 53.9 cm³/mol. The van der Waals surface area contributed by atoms with E-state index in [-0.39, 0.29) is 0 Å². The van der Waals surface area contributed by atoms with E-state index in [1.165, 1.54) is 0 Å². The van der Waals surface area contributed by atoms with Crippen LogP contribution in [0.3, 0.4) is 0 Å². The van der Waals surface area contributed by atoms with Crippen LogP contribution in [0.25, 0.3) is 0 Å². The quantitative estimate of drug-likeness (QED) is 0.724. The van der Waals surface area contributed by atoms with E-state index in [0.29, 0.717) is 5.56 Å². The molecule has 2 nitrogen and oxygen atoms in total. The first kappa shape index (κ1) is 9.26. The van der Waals surface area contributed by atoms with Crippen LogP contribution < -0.4 is 4.90 Å². The van der Waals surface area contributed by atoms with Gasteiger partial charge in [-0.15, -0.1) is 0 Å². The van der Waals surface area contributed by atoms with Crippen molar-refractivity contribution in [1.82, 2.24) is 0 Å². The minimum absolute atomic E-state index is 0.682. The van der Waals surface area contributed by atoms with Crippen LogP contribution in [0.4, 0.5) is 5.69 Å². The summed E-state index contributed by atoms with van der Waals surface area (Å²) in [4.78, 5) is 12.5. The molecule has 0 spiro atoms. The number of anilines is 1. The van der Waals surface area contributed by atoms with Gasteiger partial charge >= 0.3 is 0 Å². The number of carbonyl (C=O) groups excluding carboxylic acids is 1. The number of halogens is 1. The van der Waals surface area contributed by atoms with Crippen molar-refractivity contribution >= 4 is 27.9 Å². The van der Waals surface area contributed by atoms with Gasteiger partial charge in [-0.1, -0.05) is 15.9 Å². The summed E-state index contributed by atoms with van der Waals surface area (Å²) in [6, 6.07) is 5.67. The van der Waals surface area contributed by atoms with Crippen molar-refractivity contribution in [1.29, 1.82) is 0 Å². The summed E-state index contributed by atoms with van der Waals surface area (Å²) in [6.07, 6.45) is 0.844. The van der Waals surface area contributed by atoms with E-state index in [1.54, 1.807) is 0 Å². The number of hydrogen-bond acceptors (Lipinski definition) is 2. The fourth-order valence-corrected chi connectivity index (χ4v) is 1.24. The lowest BCUT2D eigenvalue weighted by Gasteiger charge is -2.12. The van der Waals surface area contributed by atoms with Crippen LogP contribution in [0, 0.1) is 0 Å². The highest BCUT2D eigenvalue weighted by molar-refractivity contribution is 9.10. The van der Waals surface area contributed by atoms with Crippen LogP contribution in [0.15, 0.2) is 22.7 Å². The summed E-state index contributed by atoms with van der Waals surface area (Å²) in [6.45, 7) is 0. The molecule has 0 saturated carbocycles. The molecule has 1 aromatic carbocycles. The Morgan fingerprint density at radius 1 is 1.42 bits per heavy atom. The van der Waals surface area contributed by atoms with Gasteiger partial charge in [0.25, 0.3) is 0 Å². The lowest BCUT2D eigenvalue weighted by Crippen LogP contribution is -2.08. The molecule has 1 aromatic rings. The first-order chi connectivity index (χ1) is 5.65. The highest BCUT2D eigenvalue weighted by Crippen LogP contribution is 2.20. The van der Waals surface area contributed by atoms with Gasteiger partial charge in [0.1, 0.15) is 0 Å². The standard InChI is InChI=1S/C9H10BrNO/c1-11(2)8-3-4-9(10)7(5-8)6-12/h3-6H,1-2H3. The van der Waals surface area contributed by atoms with Crippen molar-refractivity contribution < 1.29 is 4.79 Å². The van der Waals surface area contributed by atoms with Crippen LogP contribution in [-0.2, 0) is 0 Å². The second kappa shape index (κ2) is 3.72. The minimum Gasteiger partial charge on any atom is -0.378 e. The minimum atomic E-state index is 0.682. The van der Waals surface area contributed by atoms with Gasteiger partial charge in [0, 0.05) is 29.8 Å². The summed E-state index contributed by atoms with van der Waals surface area (Å²) < 4.78 is 0.836. The molecule has 3 heteroatoms. The third-order valence-corrected chi connectivity index (χ3v) is 2.35. The molecule has 64 valence electrons. The summed E-state index contributed by atoms with van der Waals surface area (Å²) in [5.74, 6) is 0. The Morgan fingerprint density at radius 3 is 2.58 bits per heavy atom. The molecule has 12 heavy (non-hydrogen) atoms. The van der Waals surface area contributed by atoms with E-state index in [9.17, 15) is 4.79 Å². The zero-order valence-electron chi connectivity index (χ0n) is 7.04. The van der Waals surface area contributed by atoms with Crippen molar-refractivity contribution in [3.05, 3.63) is 28.2 Å². The zero-order chi connectivity index (χ0) is 9.14. The van der Waals surface area contributed by atoms with Crippen LogP contribution >= 0.6 is 15.9 Å². The molecule has 0 N–H and O–H groups in total. The topological polar surface area (TPSA) is 20.3 Å². The Hall–Kier alpha value is -0.830. The summed E-state index contributed by atoms with van der Waals surface area (Å²) in [7, 11) is 3.88. The molecule has 0 aromatic heterocycles. The number of aldehydes is 1. The van der Waals surface area contributed by atoms with E-state index in [1.807, 2.05) is 37.2 Å². The average molecular weight is 228 g/mol. The van der Waals surface area contributed by atoms with E-state index in [2.05, 4.69) is 15.9 Å². The van der Waals surface area contributed by atoms with Crippen molar-refractivity contribution in [2.75, 3.05) is 19.0 Å². The number of hydrogen-bond donors (Lipinski definition) is 0. The van der Waals surface area contributed by atoms with Gasteiger partial charge in [-0.05, 0) is 18.2 Å². The first-order valence-electron chi connectivity index (χ1n) is 3.57. The third kappa shape index (κ3) is 1.85. The molecular formula is C9H10BrNO. The number of benzene rings is 1. The Kier molecular flexibility index (Phi) is 2.87. The van der Waals surface area contributed by atoms with Gasteiger partial charge in [-0.25, -0.2) is 0 Å². The molecular weight excluding hydrogens is 218 g/mol. The van der Waals surface area contributed by atoms with Crippen LogP contribution in [-0.4, -0.2) is 20.4 Å². The molecule has 0 amide bonds. The Morgan fingerprint density at radius 2 is 2.08 bits per heavy atom. The fraction of sp³-hybridized carbons (Fsp3) is 0.222. The first-order valence-corrected chi connectivity index (χ1v) is 4.36. The van der Waals surface area contributed by atoms with Crippen LogP contribution in [0.5, 0.6) is 0 Å². The van der Waals surface area contributed by atoms with Gasteiger partial charge in [0.2, 0.25) is 0 Å². The number of nitrogens with zero attached hydrogens (tertiary/aromatic N) is 1. The number of carbonyl (C=O) groups is 1. The molecule has 1 rings (SSSR count). The lowest BCUT2D eigenvalue weighted by molar-refractivity contribution is 0.112. The smallest absolute Gasteiger partial charge is 0.151 e. The van der Waals surface area contributed by atoms with Crippen molar-refractivity contribution in [2.24, 2.45) is 0 Å². The summed E-state index contributed by atoms with van der Waals surface area (Å²) >= 11 is 3.29. The van der Waals surface area contributed by atoms with Gasteiger partial charge in [-0.2, -0.15) is 0 Å². The average Bonchev–Trinajstić information content (AvgIpc) is 2.05. The molecule has 0 heterocycles. The molecule has 0 aliphatic rings. The molecule has 0 atom stereocenters. The van der Waals surface area contributed by atoms with Gasteiger partial charge in [-0.3, -0.25) is 4.79 Å². The molecule has 0 bridgehead atoms. The van der Waals surface area contributed by atoms with Gasteiger partial charge in [0.15, 0.2) is 6.29 Å². The van der Waals surface area contributed by atoms with Crippen molar-refractivity contribution in [3.8, 4) is 0 Å². The van der Waals surface area contributed by atoms with Crippen LogP contribution in [0.1, 0.15) is 10.4 Å². The second-order valence-electron chi connectivity index (χ2n) is 2.72. The molecule has 0 aliphatic heterocycles. The lowest BCUT2D eigenvalue weighted by atomic mass is 10.2. The predicted octanol–water partition coefficient (Wildman–Crippen LogP) is 2.33. The number of rotatable bonds is 2. The van der Waals surface area contributed by atoms with E-state index in [0.717, 1.165) is 16.4 Å². The molecule has 0 unspecified atom stereocenters. The third-order valence-electron chi connectivity index (χ3n) is 1.62. The van der Waals surface area contributed by atoms with Crippen molar-refractivity contribution in [2.45, 2.75) is 0 Å². The maximum absolute atomic E-state index is 10.6. The Labute approximate surface area is 80.3 Å². The summed E-state index contributed by atoms with van der Waals surface area (Å²) in [5, 5.41) is 0. The SMILES string of the molecule is CN(C)c1ccc(Br)c(C=O)c1. The highest BCUT2D eigenvalue weighted by atomic mass is 79.9. The Balaban J connectivity index is 3.13. The van der Waals surface area contributed by atoms with Crippen molar-refractivity contribution in [3.63, 3.8) is 0 Å². The maximum Gasteiger partial charge on any atom is 0.151 e. The summed E-state index contributed by atoms with van der Waals surface area (Å²) in [5.41, 5.74) is 1.71.